The van der Waals surface area contributed by atoms with Crippen molar-refractivity contribution in [2.24, 2.45) is 0 Å². The molecule has 1 aromatic heterocycles. The van der Waals surface area contributed by atoms with E-state index < -0.39 is 11.8 Å². The van der Waals surface area contributed by atoms with Crippen molar-refractivity contribution in [2.45, 2.75) is 6.92 Å². The standard InChI is InChI=1S/C16H16FNO5/c1-8-11(17)5-6-12(18-8)9-7-10(16(19)20)14(22-3)15(23-4)13(9)21-2/h5-7H,1-4H3,(H,19,20). The Hall–Kier alpha value is -2.83. The number of carboxylic acids is 1. The second kappa shape index (κ2) is 6.51. The first-order valence-electron chi connectivity index (χ1n) is 6.64. The first kappa shape index (κ1) is 16.5. The molecule has 0 aliphatic carbocycles. The molecule has 0 saturated heterocycles. The van der Waals surface area contributed by atoms with Gasteiger partial charge in [-0.05, 0) is 25.1 Å². The van der Waals surface area contributed by atoms with E-state index in [9.17, 15) is 14.3 Å². The Morgan fingerprint density at radius 1 is 1.09 bits per heavy atom. The number of methoxy groups -OCH3 is 3. The second-order valence-electron chi connectivity index (χ2n) is 4.64. The van der Waals surface area contributed by atoms with Gasteiger partial charge in [-0.3, -0.25) is 0 Å². The molecule has 23 heavy (non-hydrogen) atoms. The number of aromatic carboxylic acids is 1. The van der Waals surface area contributed by atoms with Crippen molar-refractivity contribution in [3.8, 4) is 28.5 Å². The molecule has 7 heteroatoms. The average Bonchev–Trinajstić information content (AvgIpc) is 2.54. The van der Waals surface area contributed by atoms with Crippen LogP contribution in [0, 0.1) is 12.7 Å². The number of pyridine rings is 1. The van der Waals surface area contributed by atoms with Gasteiger partial charge in [0.25, 0.3) is 0 Å². The summed E-state index contributed by atoms with van der Waals surface area (Å²) in [6, 6.07) is 4.06. The molecule has 0 radical (unpaired) electrons. The number of aromatic nitrogens is 1. The molecule has 0 unspecified atom stereocenters. The minimum absolute atomic E-state index is 0.0411. The van der Waals surface area contributed by atoms with Crippen LogP contribution in [0.2, 0.25) is 0 Å². The van der Waals surface area contributed by atoms with Gasteiger partial charge in [0.05, 0.1) is 32.7 Å². The van der Waals surface area contributed by atoms with Gasteiger partial charge in [0, 0.05) is 5.56 Å². The zero-order valence-corrected chi connectivity index (χ0v) is 13.1. The van der Waals surface area contributed by atoms with Gasteiger partial charge >= 0.3 is 5.97 Å². The quantitative estimate of drug-likeness (QED) is 0.912. The van der Waals surface area contributed by atoms with Crippen molar-refractivity contribution in [3.63, 3.8) is 0 Å². The highest BCUT2D eigenvalue weighted by molar-refractivity contribution is 5.95. The van der Waals surface area contributed by atoms with E-state index in [1.807, 2.05) is 0 Å². The van der Waals surface area contributed by atoms with Crippen molar-refractivity contribution >= 4 is 5.97 Å². The minimum atomic E-state index is -1.19. The number of rotatable bonds is 5. The van der Waals surface area contributed by atoms with Crippen LogP contribution in [0.4, 0.5) is 4.39 Å². The number of ether oxygens (including phenoxy) is 3. The lowest BCUT2D eigenvalue weighted by Gasteiger charge is -2.17. The Balaban J connectivity index is 2.83. The zero-order valence-electron chi connectivity index (χ0n) is 13.1. The molecule has 0 aliphatic heterocycles. The Morgan fingerprint density at radius 2 is 1.70 bits per heavy atom. The van der Waals surface area contributed by atoms with Crippen LogP contribution in [0.1, 0.15) is 16.1 Å². The van der Waals surface area contributed by atoms with Gasteiger partial charge in [0.15, 0.2) is 11.5 Å². The van der Waals surface area contributed by atoms with Crippen LogP contribution in [-0.2, 0) is 0 Å². The predicted molar refractivity (Wildman–Crippen MR) is 81.0 cm³/mol. The fraction of sp³-hybridized carbons (Fsp3) is 0.250. The number of benzene rings is 1. The van der Waals surface area contributed by atoms with Crippen LogP contribution in [0.15, 0.2) is 18.2 Å². The Kier molecular flexibility index (Phi) is 4.68. The van der Waals surface area contributed by atoms with Crippen molar-refractivity contribution in [1.82, 2.24) is 4.98 Å². The van der Waals surface area contributed by atoms with Gasteiger partial charge in [-0.25, -0.2) is 14.2 Å². The first-order chi connectivity index (χ1) is 10.9. The molecular weight excluding hydrogens is 305 g/mol. The Labute approximate surface area is 132 Å². The lowest BCUT2D eigenvalue weighted by molar-refractivity contribution is 0.0692. The summed E-state index contributed by atoms with van der Waals surface area (Å²) in [5.74, 6) is -1.21. The molecule has 0 bridgehead atoms. The molecular formula is C16H16FNO5. The van der Waals surface area contributed by atoms with Crippen LogP contribution >= 0.6 is 0 Å². The summed E-state index contributed by atoms with van der Waals surface area (Å²) in [6.07, 6.45) is 0. The molecule has 0 atom stereocenters. The minimum Gasteiger partial charge on any atom is -0.492 e. The Bertz CT molecular complexity index is 761. The maximum Gasteiger partial charge on any atom is 0.339 e. The van der Waals surface area contributed by atoms with Gasteiger partial charge < -0.3 is 19.3 Å². The fourth-order valence-electron chi connectivity index (χ4n) is 2.26. The number of carboxylic acid groups (broad SMARTS) is 1. The smallest absolute Gasteiger partial charge is 0.339 e. The van der Waals surface area contributed by atoms with Crippen LogP contribution < -0.4 is 14.2 Å². The molecule has 2 rings (SSSR count). The fourth-order valence-corrected chi connectivity index (χ4v) is 2.26. The van der Waals surface area contributed by atoms with Crippen LogP contribution in [0.5, 0.6) is 17.2 Å². The summed E-state index contributed by atoms with van der Waals surface area (Å²) in [7, 11) is 4.13. The van der Waals surface area contributed by atoms with E-state index in [-0.39, 0.29) is 28.5 Å². The first-order valence-corrected chi connectivity index (χ1v) is 6.64. The van der Waals surface area contributed by atoms with E-state index >= 15 is 0 Å². The maximum atomic E-state index is 13.4. The SMILES string of the molecule is COc1c(C(=O)O)cc(-c2ccc(F)c(C)n2)c(OC)c1OC. The van der Waals surface area contributed by atoms with E-state index in [1.54, 1.807) is 0 Å². The highest BCUT2D eigenvalue weighted by Gasteiger charge is 2.25. The highest BCUT2D eigenvalue weighted by Crippen LogP contribution is 2.46. The van der Waals surface area contributed by atoms with Crippen LogP contribution in [-0.4, -0.2) is 37.4 Å². The molecule has 2 aromatic rings. The Morgan fingerprint density at radius 3 is 2.17 bits per heavy atom. The van der Waals surface area contributed by atoms with E-state index in [1.165, 1.54) is 46.5 Å². The number of carbonyl (C=O) groups is 1. The van der Waals surface area contributed by atoms with E-state index in [4.69, 9.17) is 14.2 Å². The largest absolute Gasteiger partial charge is 0.492 e. The topological polar surface area (TPSA) is 77.9 Å². The average molecular weight is 321 g/mol. The van der Waals surface area contributed by atoms with E-state index in [2.05, 4.69) is 4.98 Å². The summed E-state index contributed by atoms with van der Waals surface area (Å²) in [4.78, 5) is 15.6. The molecule has 0 aliphatic rings. The number of nitrogens with zero attached hydrogens (tertiary/aromatic N) is 1. The summed E-state index contributed by atoms with van der Waals surface area (Å²) >= 11 is 0. The van der Waals surface area contributed by atoms with Crippen molar-refractivity contribution in [2.75, 3.05) is 21.3 Å². The molecule has 0 saturated carbocycles. The third-order valence-electron chi connectivity index (χ3n) is 3.33. The lowest BCUT2D eigenvalue weighted by Crippen LogP contribution is -2.06. The van der Waals surface area contributed by atoms with Crippen molar-refractivity contribution in [3.05, 3.63) is 35.3 Å². The summed E-state index contributed by atoms with van der Waals surface area (Å²) < 4.78 is 29.2. The molecule has 122 valence electrons. The number of halogens is 1. The number of hydrogen-bond donors (Lipinski definition) is 1. The molecule has 1 heterocycles. The normalized spacial score (nSPS) is 10.3. The predicted octanol–water partition coefficient (Wildman–Crippen LogP) is 2.92. The van der Waals surface area contributed by atoms with Crippen LogP contribution in [0.3, 0.4) is 0 Å². The van der Waals surface area contributed by atoms with E-state index in [0.717, 1.165) is 0 Å². The monoisotopic (exact) mass is 321 g/mol. The molecule has 0 spiro atoms. The van der Waals surface area contributed by atoms with Crippen LogP contribution in [0.25, 0.3) is 11.3 Å². The molecule has 0 fully saturated rings. The molecule has 0 amide bonds. The lowest BCUT2D eigenvalue weighted by atomic mass is 10.0. The third-order valence-corrected chi connectivity index (χ3v) is 3.33. The van der Waals surface area contributed by atoms with E-state index in [0.29, 0.717) is 11.3 Å². The molecule has 1 aromatic carbocycles. The number of aryl methyl sites for hydroxylation is 1. The van der Waals surface area contributed by atoms with Gasteiger partial charge in [0.1, 0.15) is 11.4 Å². The van der Waals surface area contributed by atoms with Crippen molar-refractivity contribution < 1.29 is 28.5 Å². The highest BCUT2D eigenvalue weighted by atomic mass is 19.1. The maximum absolute atomic E-state index is 13.4. The van der Waals surface area contributed by atoms with Crippen molar-refractivity contribution in [1.29, 1.82) is 0 Å². The van der Waals surface area contributed by atoms with Gasteiger partial charge in [-0.15, -0.1) is 0 Å². The van der Waals surface area contributed by atoms with Gasteiger partial charge in [-0.2, -0.15) is 0 Å². The summed E-state index contributed by atoms with van der Waals surface area (Å²) in [5, 5.41) is 9.39. The summed E-state index contributed by atoms with van der Waals surface area (Å²) in [5.41, 5.74) is 0.815. The summed E-state index contributed by atoms with van der Waals surface area (Å²) in [6.45, 7) is 1.52. The molecule has 6 nitrogen and oxygen atoms in total. The molecule has 1 N–H and O–H groups in total. The zero-order chi connectivity index (χ0) is 17.1. The van der Waals surface area contributed by atoms with Gasteiger partial charge in [-0.1, -0.05) is 0 Å². The second-order valence-corrected chi connectivity index (χ2v) is 4.64. The third kappa shape index (κ3) is 2.90. The van der Waals surface area contributed by atoms with Gasteiger partial charge in [0.2, 0.25) is 5.75 Å². The number of hydrogen-bond acceptors (Lipinski definition) is 5.